The lowest BCUT2D eigenvalue weighted by Crippen LogP contribution is -2.26. The molecule has 0 radical (unpaired) electrons. The summed E-state index contributed by atoms with van der Waals surface area (Å²) in [6.07, 6.45) is 0. The van der Waals surface area contributed by atoms with Crippen molar-refractivity contribution in [2.45, 2.75) is 62.2 Å². The van der Waals surface area contributed by atoms with Gasteiger partial charge in [0.15, 0.2) is 0 Å². The summed E-state index contributed by atoms with van der Waals surface area (Å²) >= 11 is 0. The molecule has 0 spiro atoms. The van der Waals surface area contributed by atoms with Gasteiger partial charge in [0.1, 0.15) is 15.5 Å². The molecule has 7 nitrogen and oxygen atoms in total. The molecule has 29 heavy (non-hydrogen) atoms. The van der Waals surface area contributed by atoms with E-state index in [-0.39, 0.29) is 32.9 Å². The van der Waals surface area contributed by atoms with Crippen LogP contribution in [-0.4, -0.2) is 31.0 Å². The van der Waals surface area contributed by atoms with Crippen LogP contribution in [-0.2, 0) is 31.1 Å². The zero-order chi connectivity index (χ0) is 22.6. The van der Waals surface area contributed by atoms with Crippen LogP contribution < -0.4 is 0 Å². The van der Waals surface area contributed by atoms with Crippen LogP contribution in [0.15, 0.2) is 40.1 Å². The van der Waals surface area contributed by atoms with Crippen LogP contribution in [0.4, 0.5) is 0 Å². The highest BCUT2D eigenvalue weighted by Gasteiger charge is 2.38. The molecule has 2 aromatic rings. The predicted octanol–water partition coefficient (Wildman–Crippen LogP) is 4.15. The monoisotopic (exact) mass is 442 g/mol. The van der Waals surface area contributed by atoms with Gasteiger partial charge in [-0.05, 0) is 45.7 Å². The zero-order valence-electron chi connectivity index (χ0n) is 17.2. The number of hydrogen-bond donors (Lipinski definition) is 3. The number of aromatic hydroxyl groups is 1. The first-order valence-corrected chi connectivity index (χ1v) is 11.7. The van der Waals surface area contributed by atoms with Crippen molar-refractivity contribution in [2.75, 3.05) is 0 Å². The first-order valence-electron chi connectivity index (χ1n) is 8.81. The lowest BCUT2D eigenvalue weighted by molar-refractivity contribution is 0.462. The molecule has 0 amide bonds. The maximum absolute atomic E-state index is 12.5. The van der Waals surface area contributed by atoms with Crippen molar-refractivity contribution in [1.82, 2.24) is 0 Å². The van der Waals surface area contributed by atoms with E-state index in [2.05, 4.69) is 0 Å². The molecule has 2 rings (SSSR count). The van der Waals surface area contributed by atoms with Gasteiger partial charge >= 0.3 is 0 Å². The van der Waals surface area contributed by atoms with Gasteiger partial charge in [-0.2, -0.15) is 16.8 Å². The Bertz CT molecular complexity index is 1150. The Balaban J connectivity index is 3.32. The Labute approximate surface area is 171 Å². The third kappa shape index (κ3) is 4.80. The van der Waals surface area contributed by atoms with E-state index in [0.717, 1.165) is 6.07 Å². The molecule has 0 heterocycles. The van der Waals surface area contributed by atoms with Crippen molar-refractivity contribution in [3.8, 4) is 16.9 Å². The first-order chi connectivity index (χ1) is 12.8. The highest BCUT2D eigenvalue weighted by Crippen LogP contribution is 2.46. The van der Waals surface area contributed by atoms with Gasteiger partial charge in [-0.15, -0.1) is 0 Å². The third-order valence-electron chi connectivity index (χ3n) is 4.49. The summed E-state index contributed by atoms with van der Waals surface area (Å²) in [5.74, 6) is -0.0687. The second-order valence-corrected chi connectivity index (χ2v) is 11.7. The summed E-state index contributed by atoms with van der Waals surface area (Å²) in [4.78, 5) is -0.849. The molecule has 3 N–H and O–H groups in total. The average molecular weight is 443 g/mol. The van der Waals surface area contributed by atoms with Crippen molar-refractivity contribution in [3.05, 3.63) is 41.5 Å². The van der Waals surface area contributed by atoms with Crippen molar-refractivity contribution in [2.24, 2.45) is 0 Å². The third-order valence-corrected chi connectivity index (χ3v) is 6.31. The summed E-state index contributed by atoms with van der Waals surface area (Å²) < 4.78 is 69.6. The van der Waals surface area contributed by atoms with Crippen LogP contribution in [0.25, 0.3) is 11.1 Å². The Morgan fingerprint density at radius 2 is 1.24 bits per heavy atom. The molecule has 0 saturated carbocycles. The van der Waals surface area contributed by atoms with E-state index >= 15 is 0 Å². The fourth-order valence-electron chi connectivity index (χ4n) is 3.30. The minimum Gasteiger partial charge on any atom is -0.508 e. The number of hydrogen-bond acceptors (Lipinski definition) is 5. The van der Waals surface area contributed by atoms with Crippen molar-refractivity contribution < 1.29 is 31.0 Å². The fraction of sp³-hybridized carbons (Fsp3) is 0.400. The largest absolute Gasteiger partial charge is 0.508 e. The normalized spacial score (nSPS) is 13.5. The molecule has 0 aromatic heterocycles. The molecule has 2 aromatic carbocycles. The molecule has 0 bridgehead atoms. The Kier molecular flexibility index (Phi) is 5.70. The quantitative estimate of drug-likeness (QED) is 0.609. The number of rotatable bonds is 3. The lowest BCUT2D eigenvalue weighted by Gasteiger charge is -2.32. The van der Waals surface area contributed by atoms with Crippen LogP contribution in [0.2, 0.25) is 0 Å². The lowest BCUT2D eigenvalue weighted by atomic mass is 9.77. The molecule has 0 atom stereocenters. The second kappa shape index (κ2) is 7.09. The molecule has 0 aliphatic rings. The maximum atomic E-state index is 12.5. The van der Waals surface area contributed by atoms with E-state index in [1.54, 1.807) is 41.5 Å². The Hall–Kier alpha value is -1.94. The minimum atomic E-state index is -4.76. The van der Waals surface area contributed by atoms with E-state index in [1.807, 2.05) is 0 Å². The van der Waals surface area contributed by atoms with Crippen LogP contribution in [0, 0.1) is 0 Å². The molecule has 0 unspecified atom stereocenters. The number of phenolic OH excluding ortho intramolecular Hbond substituents is 1. The molecule has 0 aliphatic carbocycles. The molecule has 0 aliphatic heterocycles. The average Bonchev–Trinajstić information content (AvgIpc) is 2.50. The molecule has 0 saturated heterocycles. The predicted molar refractivity (Wildman–Crippen MR) is 111 cm³/mol. The van der Waals surface area contributed by atoms with Gasteiger partial charge in [0.2, 0.25) is 0 Å². The Morgan fingerprint density at radius 1 is 0.759 bits per heavy atom. The van der Waals surface area contributed by atoms with E-state index in [0.29, 0.717) is 0 Å². The van der Waals surface area contributed by atoms with Gasteiger partial charge in [0.05, 0.1) is 0 Å². The van der Waals surface area contributed by atoms with Gasteiger partial charge < -0.3 is 5.11 Å². The molecule has 0 fully saturated rings. The summed E-state index contributed by atoms with van der Waals surface area (Å²) in [5, 5.41) is 9.59. The van der Waals surface area contributed by atoms with E-state index in [4.69, 9.17) is 0 Å². The number of benzene rings is 2. The molecular weight excluding hydrogens is 416 g/mol. The van der Waals surface area contributed by atoms with Crippen LogP contribution in [0.3, 0.4) is 0 Å². The SMILES string of the molecule is CC(C)(C)c1cc(S(=O)(=O)O)c(-c2ccc(O)cc2)c(C(C)(C)C)c1S(=O)(=O)O. The first kappa shape index (κ1) is 23.3. The summed E-state index contributed by atoms with van der Waals surface area (Å²) in [6.45, 7) is 10.1. The van der Waals surface area contributed by atoms with Crippen molar-refractivity contribution in [1.29, 1.82) is 0 Å². The molecule has 9 heteroatoms. The van der Waals surface area contributed by atoms with Crippen molar-refractivity contribution in [3.63, 3.8) is 0 Å². The van der Waals surface area contributed by atoms with E-state index < -0.39 is 36.0 Å². The van der Waals surface area contributed by atoms with Gasteiger partial charge in [0.25, 0.3) is 20.2 Å². The van der Waals surface area contributed by atoms with Crippen LogP contribution >= 0.6 is 0 Å². The number of phenols is 1. The topological polar surface area (TPSA) is 129 Å². The van der Waals surface area contributed by atoms with E-state index in [1.165, 1.54) is 24.3 Å². The van der Waals surface area contributed by atoms with E-state index in [9.17, 15) is 31.0 Å². The van der Waals surface area contributed by atoms with Gasteiger partial charge in [-0.3, -0.25) is 9.11 Å². The molecular formula is C20H26O7S2. The molecule has 160 valence electrons. The van der Waals surface area contributed by atoms with Crippen LogP contribution in [0.5, 0.6) is 5.75 Å². The zero-order valence-corrected chi connectivity index (χ0v) is 18.8. The van der Waals surface area contributed by atoms with Crippen LogP contribution in [0.1, 0.15) is 52.7 Å². The summed E-state index contributed by atoms with van der Waals surface area (Å²) in [6, 6.07) is 6.56. The summed E-state index contributed by atoms with van der Waals surface area (Å²) in [5.41, 5.74) is -1.44. The van der Waals surface area contributed by atoms with Gasteiger partial charge in [0, 0.05) is 5.56 Å². The van der Waals surface area contributed by atoms with Gasteiger partial charge in [-0.25, -0.2) is 0 Å². The maximum Gasteiger partial charge on any atom is 0.295 e. The smallest absolute Gasteiger partial charge is 0.295 e. The van der Waals surface area contributed by atoms with Gasteiger partial charge in [-0.1, -0.05) is 53.7 Å². The minimum absolute atomic E-state index is 0.0411. The second-order valence-electron chi connectivity index (χ2n) is 9.00. The van der Waals surface area contributed by atoms with Crippen molar-refractivity contribution >= 4 is 20.2 Å². The summed E-state index contributed by atoms with van der Waals surface area (Å²) in [7, 11) is -9.52. The Morgan fingerprint density at radius 3 is 1.59 bits per heavy atom. The highest BCUT2D eigenvalue weighted by atomic mass is 32.2. The highest BCUT2D eigenvalue weighted by molar-refractivity contribution is 7.86. The fourth-order valence-corrected chi connectivity index (χ4v) is 5.35. The standard InChI is InChI=1S/C20H26O7S2/c1-19(2,3)14-11-15(28(22,23)24)16(12-7-9-13(21)10-8-12)17(20(4,5)6)18(14)29(25,26)27/h7-11,21H,1-6H3,(H,22,23,24)(H,25,26,27).